The fourth-order valence-electron chi connectivity index (χ4n) is 3.98. The summed E-state index contributed by atoms with van der Waals surface area (Å²) in [6.45, 7) is 2.54. The summed E-state index contributed by atoms with van der Waals surface area (Å²) in [5.74, 6) is -2.28. The average molecular weight is 382 g/mol. The van der Waals surface area contributed by atoms with E-state index < -0.39 is 17.4 Å². The van der Waals surface area contributed by atoms with Gasteiger partial charge in [0.2, 0.25) is 5.91 Å². The molecule has 6 heteroatoms. The van der Waals surface area contributed by atoms with Crippen molar-refractivity contribution in [2.45, 2.75) is 32.2 Å². The van der Waals surface area contributed by atoms with E-state index in [4.69, 9.17) is 0 Å². The summed E-state index contributed by atoms with van der Waals surface area (Å²) in [6.07, 6.45) is 0.635. The zero-order valence-corrected chi connectivity index (χ0v) is 15.5. The van der Waals surface area contributed by atoms with Crippen molar-refractivity contribution in [3.8, 4) is 0 Å². The summed E-state index contributed by atoms with van der Waals surface area (Å²) in [5, 5.41) is 1.18. The lowest BCUT2D eigenvalue weighted by molar-refractivity contribution is -0.133. The van der Waals surface area contributed by atoms with E-state index in [9.17, 15) is 18.4 Å². The van der Waals surface area contributed by atoms with E-state index in [0.29, 0.717) is 12.6 Å². The highest BCUT2D eigenvalue weighted by atomic mass is 19.1. The smallest absolute Gasteiger partial charge is 0.223 e. The van der Waals surface area contributed by atoms with Gasteiger partial charge in [-0.2, -0.15) is 0 Å². The van der Waals surface area contributed by atoms with Crippen LogP contribution < -0.4 is 0 Å². The number of H-pyrrole nitrogens is 1. The first-order valence-corrected chi connectivity index (χ1v) is 9.33. The van der Waals surface area contributed by atoms with Crippen LogP contribution in [0.5, 0.6) is 0 Å². The molecule has 144 valence electrons. The molecule has 0 bridgehead atoms. The lowest BCUT2D eigenvalue weighted by Crippen LogP contribution is -2.38. The fourth-order valence-corrected chi connectivity index (χ4v) is 3.98. The Hall–Kier alpha value is -3.02. The monoisotopic (exact) mass is 382 g/mol. The molecule has 1 aromatic heterocycles. The third-order valence-electron chi connectivity index (χ3n) is 5.45. The van der Waals surface area contributed by atoms with E-state index in [0.717, 1.165) is 29.8 Å². The molecule has 0 spiro atoms. The largest absolute Gasteiger partial charge is 0.356 e. The number of amides is 1. The third-order valence-corrected chi connectivity index (χ3v) is 5.45. The van der Waals surface area contributed by atoms with Crippen LogP contribution in [0.4, 0.5) is 8.78 Å². The molecule has 1 atom stereocenters. The number of rotatable bonds is 4. The van der Waals surface area contributed by atoms with Crippen molar-refractivity contribution in [1.29, 1.82) is 0 Å². The molecule has 0 aliphatic carbocycles. The van der Waals surface area contributed by atoms with Crippen molar-refractivity contribution in [3.05, 3.63) is 70.9 Å². The number of hydrogen-bond acceptors (Lipinski definition) is 2. The van der Waals surface area contributed by atoms with E-state index in [1.807, 2.05) is 25.1 Å². The molecule has 2 heterocycles. The molecular formula is C22H20F2N2O2. The van der Waals surface area contributed by atoms with Gasteiger partial charge in [-0.25, -0.2) is 8.78 Å². The molecule has 2 aromatic carbocycles. The average Bonchev–Trinajstić information content (AvgIpc) is 3.06. The molecule has 1 N–H and O–H groups in total. The van der Waals surface area contributed by atoms with Crippen LogP contribution in [0.3, 0.4) is 0 Å². The Kier molecular flexibility index (Phi) is 4.71. The normalized spacial score (nSPS) is 16.2. The number of fused-ring (bicyclic) bond motifs is 3. The quantitative estimate of drug-likeness (QED) is 0.673. The maximum absolute atomic E-state index is 13.7. The SMILES string of the molecule is CC1c2[nH]c3ccccc3c2CCN1C(=O)CCC(=O)c1ccc(F)cc1F. The predicted molar refractivity (Wildman–Crippen MR) is 102 cm³/mol. The minimum Gasteiger partial charge on any atom is -0.356 e. The first-order chi connectivity index (χ1) is 13.5. The highest BCUT2D eigenvalue weighted by molar-refractivity contribution is 5.98. The van der Waals surface area contributed by atoms with Gasteiger partial charge >= 0.3 is 0 Å². The molecule has 0 radical (unpaired) electrons. The second-order valence-corrected chi connectivity index (χ2v) is 7.12. The van der Waals surface area contributed by atoms with Crippen LogP contribution >= 0.6 is 0 Å². The van der Waals surface area contributed by atoms with Crippen LogP contribution in [0.25, 0.3) is 10.9 Å². The van der Waals surface area contributed by atoms with Gasteiger partial charge in [-0.3, -0.25) is 9.59 Å². The van der Waals surface area contributed by atoms with Gasteiger partial charge in [0, 0.05) is 42.0 Å². The van der Waals surface area contributed by atoms with Gasteiger partial charge in [0.05, 0.1) is 11.6 Å². The molecule has 1 aliphatic rings. The molecule has 1 aliphatic heterocycles. The Morgan fingerprint density at radius 1 is 1.14 bits per heavy atom. The maximum atomic E-state index is 13.7. The van der Waals surface area contributed by atoms with Crippen molar-refractivity contribution in [1.82, 2.24) is 9.88 Å². The first kappa shape index (κ1) is 18.3. The van der Waals surface area contributed by atoms with Crippen molar-refractivity contribution >= 4 is 22.6 Å². The highest BCUT2D eigenvalue weighted by Crippen LogP contribution is 2.34. The van der Waals surface area contributed by atoms with Crippen LogP contribution in [0.2, 0.25) is 0 Å². The standard InChI is InChI=1S/C22H20F2N2O2/c1-13-22-16(15-4-2-3-5-19(15)25-22)10-11-26(13)21(28)9-8-20(27)17-7-6-14(23)12-18(17)24/h2-7,12-13,25H,8-11H2,1H3. The van der Waals surface area contributed by atoms with E-state index in [1.165, 1.54) is 10.9 Å². The zero-order valence-electron chi connectivity index (χ0n) is 15.5. The molecule has 0 saturated heterocycles. The molecule has 4 nitrogen and oxygen atoms in total. The number of halogens is 2. The fraction of sp³-hybridized carbons (Fsp3) is 0.273. The Morgan fingerprint density at radius 3 is 2.71 bits per heavy atom. The van der Waals surface area contributed by atoms with E-state index in [1.54, 1.807) is 4.90 Å². The second kappa shape index (κ2) is 7.19. The Morgan fingerprint density at radius 2 is 1.93 bits per heavy atom. The van der Waals surface area contributed by atoms with Crippen molar-refractivity contribution in [2.75, 3.05) is 6.54 Å². The number of para-hydroxylation sites is 1. The molecular weight excluding hydrogens is 362 g/mol. The molecule has 1 unspecified atom stereocenters. The summed E-state index contributed by atoms with van der Waals surface area (Å²) < 4.78 is 26.7. The summed E-state index contributed by atoms with van der Waals surface area (Å²) in [6, 6.07) is 10.8. The number of nitrogens with one attached hydrogen (secondary N) is 1. The highest BCUT2D eigenvalue weighted by Gasteiger charge is 2.30. The van der Waals surface area contributed by atoms with Gasteiger partial charge in [-0.15, -0.1) is 0 Å². The molecule has 3 aromatic rings. The van der Waals surface area contributed by atoms with E-state index in [-0.39, 0.29) is 30.4 Å². The van der Waals surface area contributed by atoms with Gasteiger partial charge in [-0.05, 0) is 37.1 Å². The summed E-state index contributed by atoms with van der Waals surface area (Å²) >= 11 is 0. The van der Waals surface area contributed by atoms with E-state index in [2.05, 4.69) is 11.1 Å². The maximum Gasteiger partial charge on any atom is 0.223 e. The number of hydrogen-bond donors (Lipinski definition) is 1. The number of aromatic nitrogens is 1. The molecule has 0 fully saturated rings. The third kappa shape index (κ3) is 3.19. The number of aromatic amines is 1. The topological polar surface area (TPSA) is 53.2 Å². The minimum absolute atomic E-state index is 0.00441. The molecule has 0 saturated carbocycles. The lowest BCUT2D eigenvalue weighted by atomic mass is 9.97. The number of nitrogens with zero attached hydrogens (tertiary/aromatic N) is 1. The Labute approximate surface area is 161 Å². The molecule has 28 heavy (non-hydrogen) atoms. The summed E-state index contributed by atoms with van der Waals surface area (Å²) in [4.78, 5) is 30.1. The molecule has 1 amide bonds. The van der Waals surface area contributed by atoms with Crippen LogP contribution in [0, 0.1) is 11.6 Å². The van der Waals surface area contributed by atoms with Crippen LogP contribution in [0.15, 0.2) is 42.5 Å². The lowest BCUT2D eigenvalue weighted by Gasteiger charge is -2.33. The second-order valence-electron chi connectivity index (χ2n) is 7.12. The van der Waals surface area contributed by atoms with Gasteiger partial charge in [0.15, 0.2) is 5.78 Å². The van der Waals surface area contributed by atoms with Crippen LogP contribution in [-0.4, -0.2) is 28.1 Å². The number of benzene rings is 2. The first-order valence-electron chi connectivity index (χ1n) is 9.33. The van der Waals surface area contributed by atoms with Crippen molar-refractivity contribution in [3.63, 3.8) is 0 Å². The summed E-state index contributed by atoms with van der Waals surface area (Å²) in [7, 11) is 0. The van der Waals surface area contributed by atoms with Crippen LogP contribution in [-0.2, 0) is 11.2 Å². The van der Waals surface area contributed by atoms with Crippen LogP contribution in [0.1, 0.15) is 47.4 Å². The van der Waals surface area contributed by atoms with Gasteiger partial charge in [0.25, 0.3) is 0 Å². The summed E-state index contributed by atoms with van der Waals surface area (Å²) in [5.41, 5.74) is 3.13. The van der Waals surface area contributed by atoms with Gasteiger partial charge < -0.3 is 9.88 Å². The molecule has 4 rings (SSSR count). The Balaban J connectivity index is 1.46. The zero-order chi connectivity index (χ0) is 19.8. The number of ketones is 1. The van der Waals surface area contributed by atoms with E-state index >= 15 is 0 Å². The van der Waals surface area contributed by atoms with Crippen molar-refractivity contribution < 1.29 is 18.4 Å². The van der Waals surface area contributed by atoms with Crippen molar-refractivity contribution in [2.24, 2.45) is 0 Å². The van der Waals surface area contributed by atoms with Gasteiger partial charge in [0.1, 0.15) is 11.6 Å². The Bertz CT molecular complexity index is 1070. The van der Waals surface area contributed by atoms with Gasteiger partial charge in [-0.1, -0.05) is 18.2 Å². The minimum atomic E-state index is -0.897. The predicted octanol–water partition coefficient (Wildman–Crippen LogP) is 4.55. The number of carbonyl (C=O) groups excluding carboxylic acids is 2. The number of carbonyl (C=O) groups is 2. The number of Topliss-reactive ketones (excluding diaryl/α,β-unsaturated/α-hetero) is 1.